The summed E-state index contributed by atoms with van der Waals surface area (Å²) in [5.41, 5.74) is 0. The maximum Gasteiger partial charge on any atom is 0.220 e. The highest BCUT2D eigenvalue weighted by Gasteiger charge is 2.21. The lowest BCUT2D eigenvalue weighted by Crippen LogP contribution is -2.33. The van der Waals surface area contributed by atoms with Gasteiger partial charge in [0, 0.05) is 19.6 Å². The number of hydrogen-bond acceptors (Lipinski definition) is 3. The molecule has 0 bridgehead atoms. The second-order valence-electron chi connectivity index (χ2n) is 5.27. The fourth-order valence-corrected chi connectivity index (χ4v) is 2.22. The highest BCUT2D eigenvalue weighted by Crippen LogP contribution is 2.28. The molecule has 1 aliphatic carbocycles. The molecule has 0 aromatic heterocycles. The van der Waals surface area contributed by atoms with E-state index < -0.39 is 0 Å². The molecule has 1 saturated carbocycles. The largest absolute Gasteiger partial charge is 0.379 e. The van der Waals surface area contributed by atoms with E-state index >= 15 is 0 Å². The Morgan fingerprint density at radius 2 is 1.89 bits per heavy atom. The second kappa shape index (κ2) is 8.73. The molecule has 2 fully saturated rings. The van der Waals surface area contributed by atoms with Crippen LogP contribution in [0.15, 0.2) is 0 Å². The van der Waals surface area contributed by atoms with E-state index in [9.17, 15) is 4.79 Å². The van der Waals surface area contributed by atoms with Gasteiger partial charge in [-0.1, -0.05) is 0 Å². The zero-order chi connectivity index (χ0) is 11.9. The molecule has 18 heavy (non-hydrogen) atoms. The quantitative estimate of drug-likeness (QED) is 0.690. The summed E-state index contributed by atoms with van der Waals surface area (Å²) < 4.78 is 5.47. The Bertz CT molecular complexity index is 241. The van der Waals surface area contributed by atoms with Gasteiger partial charge in [-0.25, -0.2) is 0 Å². The van der Waals surface area contributed by atoms with Crippen molar-refractivity contribution in [2.24, 2.45) is 11.8 Å². The van der Waals surface area contributed by atoms with E-state index in [-0.39, 0.29) is 18.3 Å². The smallest absolute Gasteiger partial charge is 0.220 e. The summed E-state index contributed by atoms with van der Waals surface area (Å²) in [5, 5.41) is 6.25. The Labute approximate surface area is 116 Å². The number of rotatable bonds is 7. The van der Waals surface area contributed by atoms with Gasteiger partial charge in [-0.05, 0) is 50.6 Å². The van der Waals surface area contributed by atoms with Crippen LogP contribution in [0, 0.1) is 11.8 Å². The van der Waals surface area contributed by atoms with Gasteiger partial charge in [0.1, 0.15) is 0 Å². The minimum atomic E-state index is 0. The molecule has 106 valence electrons. The van der Waals surface area contributed by atoms with Crippen LogP contribution in [0.3, 0.4) is 0 Å². The molecule has 5 heteroatoms. The molecule has 2 aliphatic rings. The van der Waals surface area contributed by atoms with Crippen LogP contribution in [0.2, 0.25) is 0 Å². The van der Waals surface area contributed by atoms with Crippen molar-refractivity contribution < 1.29 is 9.53 Å². The number of carbonyl (C=O) groups excluding carboxylic acids is 1. The Balaban J connectivity index is 0.00000162. The standard InChI is InChI=1S/C13H24N2O2.ClH/c16-13(9-11-3-5-14-6-4-11)15-7-8-17-10-12-1-2-12;/h11-12,14H,1-10H2,(H,15,16);1H. The van der Waals surface area contributed by atoms with Gasteiger partial charge in [-0.15, -0.1) is 12.4 Å². The molecule has 0 unspecified atom stereocenters. The van der Waals surface area contributed by atoms with Gasteiger partial charge < -0.3 is 15.4 Å². The summed E-state index contributed by atoms with van der Waals surface area (Å²) in [5.74, 6) is 1.57. The zero-order valence-corrected chi connectivity index (χ0v) is 11.8. The Morgan fingerprint density at radius 3 is 2.56 bits per heavy atom. The number of carbonyl (C=O) groups is 1. The van der Waals surface area contributed by atoms with Crippen LogP contribution >= 0.6 is 12.4 Å². The molecular formula is C13H25ClN2O2. The molecule has 1 saturated heterocycles. The van der Waals surface area contributed by atoms with E-state index in [1.165, 1.54) is 12.8 Å². The lowest BCUT2D eigenvalue weighted by atomic mass is 9.94. The number of halogens is 1. The topological polar surface area (TPSA) is 50.4 Å². The van der Waals surface area contributed by atoms with Crippen molar-refractivity contribution >= 4 is 18.3 Å². The summed E-state index contributed by atoms with van der Waals surface area (Å²) in [4.78, 5) is 11.6. The Hall–Kier alpha value is -0.320. The lowest BCUT2D eigenvalue weighted by Gasteiger charge is -2.21. The second-order valence-corrected chi connectivity index (χ2v) is 5.27. The normalized spacial score (nSPS) is 20.2. The van der Waals surface area contributed by atoms with E-state index in [0.717, 1.165) is 38.5 Å². The summed E-state index contributed by atoms with van der Waals surface area (Å²) in [6.45, 7) is 4.32. The van der Waals surface area contributed by atoms with Gasteiger partial charge in [0.2, 0.25) is 5.91 Å². The van der Waals surface area contributed by atoms with Crippen molar-refractivity contribution in [1.82, 2.24) is 10.6 Å². The maximum atomic E-state index is 11.6. The van der Waals surface area contributed by atoms with Gasteiger partial charge in [0.05, 0.1) is 6.61 Å². The van der Waals surface area contributed by atoms with Crippen molar-refractivity contribution in [3.63, 3.8) is 0 Å². The summed E-state index contributed by atoms with van der Waals surface area (Å²) in [6.07, 6.45) is 5.59. The number of hydrogen-bond donors (Lipinski definition) is 2. The molecule has 1 amide bonds. The van der Waals surface area contributed by atoms with Gasteiger partial charge in [0.15, 0.2) is 0 Å². The van der Waals surface area contributed by atoms with Crippen LogP contribution in [0.1, 0.15) is 32.1 Å². The minimum absolute atomic E-state index is 0. The SMILES string of the molecule is Cl.O=C(CC1CCNCC1)NCCOCC1CC1. The third-order valence-corrected chi connectivity index (χ3v) is 3.55. The first-order valence-corrected chi connectivity index (χ1v) is 6.90. The highest BCUT2D eigenvalue weighted by atomic mass is 35.5. The average molecular weight is 277 g/mol. The number of ether oxygens (including phenoxy) is 1. The summed E-state index contributed by atoms with van der Waals surface area (Å²) in [7, 11) is 0. The predicted octanol–water partition coefficient (Wildman–Crippen LogP) is 1.34. The van der Waals surface area contributed by atoms with Gasteiger partial charge >= 0.3 is 0 Å². The van der Waals surface area contributed by atoms with E-state index in [1.54, 1.807) is 0 Å². The van der Waals surface area contributed by atoms with Gasteiger partial charge in [-0.2, -0.15) is 0 Å². The van der Waals surface area contributed by atoms with Gasteiger partial charge in [0.25, 0.3) is 0 Å². The summed E-state index contributed by atoms with van der Waals surface area (Å²) >= 11 is 0. The Kier molecular flexibility index (Phi) is 7.63. The molecule has 1 aliphatic heterocycles. The maximum absolute atomic E-state index is 11.6. The van der Waals surface area contributed by atoms with Crippen LogP contribution in [-0.4, -0.2) is 38.8 Å². The number of nitrogens with one attached hydrogen (secondary N) is 2. The molecule has 2 N–H and O–H groups in total. The van der Waals surface area contributed by atoms with Crippen LogP contribution in [-0.2, 0) is 9.53 Å². The molecule has 0 atom stereocenters. The van der Waals surface area contributed by atoms with Crippen LogP contribution in [0.5, 0.6) is 0 Å². The Morgan fingerprint density at radius 1 is 1.17 bits per heavy atom. The van der Waals surface area contributed by atoms with Crippen LogP contribution in [0.25, 0.3) is 0 Å². The third-order valence-electron chi connectivity index (χ3n) is 3.55. The third kappa shape index (κ3) is 6.57. The molecule has 0 aromatic rings. The average Bonchev–Trinajstić information content (AvgIpc) is 3.14. The van der Waals surface area contributed by atoms with Gasteiger partial charge in [-0.3, -0.25) is 4.79 Å². The monoisotopic (exact) mass is 276 g/mol. The van der Waals surface area contributed by atoms with Crippen molar-refractivity contribution in [1.29, 1.82) is 0 Å². The molecule has 0 spiro atoms. The van der Waals surface area contributed by atoms with E-state index in [0.29, 0.717) is 25.5 Å². The number of amides is 1. The first-order chi connectivity index (χ1) is 8.34. The van der Waals surface area contributed by atoms with E-state index in [2.05, 4.69) is 10.6 Å². The first-order valence-electron chi connectivity index (χ1n) is 6.90. The first kappa shape index (κ1) is 15.7. The van der Waals surface area contributed by atoms with Crippen molar-refractivity contribution in [3.05, 3.63) is 0 Å². The summed E-state index contributed by atoms with van der Waals surface area (Å²) in [6, 6.07) is 0. The van der Waals surface area contributed by atoms with Crippen molar-refractivity contribution in [3.8, 4) is 0 Å². The van der Waals surface area contributed by atoms with E-state index in [1.807, 2.05) is 0 Å². The fraction of sp³-hybridized carbons (Fsp3) is 0.923. The van der Waals surface area contributed by atoms with Crippen molar-refractivity contribution in [2.75, 3.05) is 32.8 Å². The molecule has 4 nitrogen and oxygen atoms in total. The van der Waals surface area contributed by atoms with Crippen LogP contribution < -0.4 is 10.6 Å². The van der Waals surface area contributed by atoms with E-state index in [4.69, 9.17) is 4.74 Å². The molecule has 0 aromatic carbocycles. The van der Waals surface area contributed by atoms with Crippen molar-refractivity contribution in [2.45, 2.75) is 32.1 Å². The zero-order valence-electron chi connectivity index (χ0n) is 11.0. The predicted molar refractivity (Wildman–Crippen MR) is 74.0 cm³/mol. The molecular weight excluding hydrogens is 252 g/mol. The fourth-order valence-electron chi connectivity index (χ4n) is 2.22. The molecule has 1 heterocycles. The lowest BCUT2D eigenvalue weighted by molar-refractivity contribution is -0.122. The molecule has 2 rings (SSSR count). The van der Waals surface area contributed by atoms with Crippen LogP contribution in [0.4, 0.5) is 0 Å². The molecule has 0 radical (unpaired) electrons. The highest BCUT2D eigenvalue weighted by molar-refractivity contribution is 5.85. The number of piperidine rings is 1. The minimum Gasteiger partial charge on any atom is -0.379 e.